The number of nitrogen functional groups attached to an aromatic ring is 1. The van der Waals surface area contributed by atoms with Crippen LogP contribution in [-0.2, 0) is 0 Å². The summed E-state index contributed by atoms with van der Waals surface area (Å²) in [7, 11) is 2.04. The van der Waals surface area contributed by atoms with Crippen molar-refractivity contribution in [2.24, 2.45) is 0 Å². The van der Waals surface area contributed by atoms with Crippen molar-refractivity contribution in [1.29, 1.82) is 0 Å². The minimum Gasteiger partial charge on any atom is -0.399 e. The lowest BCUT2D eigenvalue weighted by Crippen LogP contribution is -2.09. The third-order valence-electron chi connectivity index (χ3n) is 2.48. The Morgan fingerprint density at radius 2 is 1.69 bits per heavy atom. The van der Waals surface area contributed by atoms with Crippen molar-refractivity contribution < 1.29 is 0 Å². The van der Waals surface area contributed by atoms with Gasteiger partial charge in [0.1, 0.15) is 0 Å². The molecule has 2 aromatic rings. The summed E-state index contributed by atoms with van der Waals surface area (Å²) in [6.45, 7) is 0. The van der Waals surface area contributed by atoms with Crippen molar-refractivity contribution >= 4 is 33.0 Å². The van der Waals surface area contributed by atoms with Gasteiger partial charge in [-0.05, 0) is 42.5 Å². The summed E-state index contributed by atoms with van der Waals surface area (Å²) in [5.74, 6) is 0. The highest BCUT2D eigenvalue weighted by molar-refractivity contribution is 9.10. The van der Waals surface area contributed by atoms with E-state index in [1.807, 2.05) is 43.4 Å². The van der Waals surface area contributed by atoms with Crippen molar-refractivity contribution in [1.82, 2.24) is 0 Å². The fourth-order valence-electron chi connectivity index (χ4n) is 1.53. The molecular formula is C13H13BrN2. The zero-order chi connectivity index (χ0) is 11.5. The van der Waals surface area contributed by atoms with Crippen molar-refractivity contribution in [3.8, 4) is 0 Å². The fourth-order valence-corrected chi connectivity index (χ4v) is 1.92. The third-order valence-corrected chi connectivity index (χ3v) is 2.97. The van der Waals surface area contributed by atoms with Gasteiger partial charge in [0.05, 0.1) is 0 Å². The van der Waals surface area contributed by atoms with Crippen LogP contribution < -0.4 is 10.6 Å². The molecule has 0 amide bonds. The Kier molecular flexibility index (Phi) is 3.15. The Morgan fingerprint density at radius 3 is 2.31 bits per heavy atom. The van der Waals surface area contributed by atoms with Crippen LogP contribution in [0.3, 0.4) is 0 Å². The molecule has 0 fully saturated rings. The van der Waals surface area contributed by atoms with E-state index in [2.05, 4.69) is 33.0 Å². The number of hydrogen-bond acceptors (Lipinski definition) is 2. The topological polar surface area (TPSA) is 29.3 Å². The largest absolute Gasteiger partial charge is 0.399 e. The van der Waals surface area contributed by atoms with Gasteiger partial charge >= 0.3 is 0 Å². The highest BCUT2D eigenvalue weighted by Crippen LogP contribution is 2.26. The average Bonchev–Trinajstić information content (AvgIpc) is 2.29. The van der Waals surface area contributed by atoms with Gasteiger partial charge in [0.15, 0.2) is 0 Å². The van der Waals surface area contributed by atoms with Crippen LogP contribution in [0.2, 0.25) is 0 Å². The molecule has 0 atom stereocenters. The van der Waals surface area contributed by atoms with Crippen LogP contribution in [0.25, 0.3) is 0 Å². The van der Waals surface area contributed by atoms with Gasteiger partial charge < -0.3 is 10.6 Å². The number of halogens is 1. The molecule has 0 aliphatic carbocycles. The van der Waals surface area contributed by atoms with E-state index in [4.69, 9.17) is 5.73 Å². The van der Waals surface area contributed by atoms with E-state index in [1.165, 1.54) is 0 Å². The summed E-state index contributed by atoms with van der Waals surface area (Å²) in [6.07, 6.45) is 0. The molecule has 2 N–H and O–H groups in total. The Morgan fingerprint density at radius 1 is 1.00 bits per heavy atom. The lowest BCUT2D eigenvalue weighted by atomic mass is 10.2. The van der Waals surface area contributed by atoms with E-state index in [-0.39, 0.29) is 0 Å². The van der Waals surface area contributed by atoms with E-state index in [0.717, 1.165) is 21.5 Å². The van der Waals surface area contributed by atoms with Crippen LogP contribution in [0.1, 0.15) is 0 Å². The first kappa shape index (κ1) is 11.0. The molecule has 0 aromatic heterocycles. The molecule has 0 bridgehead atoms. The molecule has 16 heavy (non-hydrogen) atoms. The van der Waals surface area contributed by atoms with Crippen molar-refractivity contribution in [3.63, 3.8) is 0 Å². The lowest BCUT2D eigenvalue weighted by Gasteiger charge is -2.19. The van der Waals surface area contributed by atoms with Gasteiger partial charge in [-0.3, -0.25) is 0 Å². The molecule has 3 heteroatoms. The van der Waals surface area contributed by atoms with Gasteiger partial charge in [-0.2, -0.15) is 0 Å². The van der Waals surface area contributed by atoms with Gasteiger partial charge in [0.2, 0.25) is 0 Å². The molecule has 0 saturated heterocycles. The Labute approximate surface area is 104 Å². The molecule has 0 heterocycles. The van der Waals surface area contributed by atoms with Crippen LogP contribution >= 0.6 is 15.9 Å². The number of rotatable bonds is 2. The summed E-state index contributed by atoms with van der Waals surface area (Å²) < 4.78 is 1.08. The Hall–Kier alpha value is -1.48. The second-order valence-electron chi connectivity index (χ2n) is 3.63. The van der Waals surface area contributed by atoms with Crippen molar-refractivity contribution in [2.45, 2.75) is 0 Å². The van der Waals surface area contributed by atoms with E-state index in [9.17, 15) is 0 Å². The molecule has 0 spiro atoms. The minimum atomic E-state index is 0.784. The van der Waals surface area contributed by atoms with Crippen LogP contribution in [0.4, 0.5) is 17.1 Å². The summed E-state index contributed by atoms with van der Waals surface area (Å²) in [5, 5.41) is 0. The minimum absolute atomic E-state index is 0.784. The molecule has 82 valence electrons. The Bertz CT molecular complexity index is 480. The standard InChI is InChI=1S/C13H13BrN2/c1-16(12-7-5-11(15)6-8-12)13-4-2-3-10(14)9-13/h2-9H,15H2,1H3. The first-order valence-electron chi connectivity index (χ1n) is 5.01. The molecule has 2 rings (SSSR count). The first-order chi connectivity index (χ1) is 7.66. The smallest absolute Gasteiger partial charge is 0.0419 e. The molecular weight excluding hydrogens is 264 g/mol. The van der Waals surface area contributed by atoms with Crippen molar-refractivity contribution in [2.75, 3.05) is 17.7 Å². The van der Waals surface area contributed by atoms with E-state index >= 15 is 0 Å². The molecule has 0 unspecified atom stereocenters. The van der Waals surface area contributed by atoms with Gasteiger partial charge in [0.25, 0.3) is 0 Å². The highest BCUT2D eigenvalue weighted by Gasteiger charge is 2.03. The third kappa shape index (κ3) is 2.36. The summed E-state index contributed by atoms with van der Waals surface area (Å²) in [5.41, 5.74) is 8.70. The molecule has 2 aromatic carbocycles. The lowest BCUT2D eigenvalue weighted by molar-refractivity contribution is 1.21. The number of anilines is 3. The quantitative estimate of drug-likeness (QED) is 0.846. The average molecular weight is 277 g/mol. The number of benzene rings is 2. The van der Waals surface area contributed by atoms with Crippen LogP contribution in [0, 0.1) is 0 Å². The summed E-state index contributed by atoms with van der Waals surface area (Å²) >= 11 is 3.47. The fraction of sp³-hybridized carbons (Fsp3) is 0.0769. The zero-order valence-corrected chi connectivity index (χ0v) is 10.6. The van der Waals surface area contributed by atoms with Gasteiger partial charge in [-0.15, -0.1) is 0 Å². The van der Waals surface area contributed by atoms with Gasteiger partial charge in [0, 0.05) is 28.6 Å². The molecule has 2 nitrogen and oxygen atoms in total. The summed E-state index contributed by atoms with van der Waals surface area (Å²) in [4.78, 5) is 2.12. The molecule has 0 aliphatic rings. The van der Waals surface area contributed by atoms with Crippen LogP contribution in [0.15, 0.2) is 53.0 Å². The normalized spacial score (nSPS) is 10.1. The second-order valence-corrected chi connectivity index (χ2v) is 4.55. The maximum absolute atomic E-state index is 5.66. The van der Waals surface area contributed by atoms with Crippen LogP contribution in [-0.4, -0.2) is 7.05 Å². The monoisotopic (exact) mass is 276 g/mol. The maximum Gasteiger partial charge on any atom is 0.0419 e. The maximum atomic E-state index is 5.66. The molecule has 0 saturated carbocycles. The van der Waals surface area contributed by atoms with Crippen LogP contribution in [0.5, 0.6) is 0 Å². The SMILES string of the molecule is CN(c1ccc(N)cc1)c1cccc(Br)c1. The van der Waals surface area contributed by atoms with E-state index < -0.39 is 0 Å². The van der Waals surface area contributed by atoms with Crippen molar-refractivity contribution in [3.05, 3.63) is 53.0 Å². The number of nitrogens with zero attached hydrogens (tertiary/aromatic N) is 1. The van der Waals surface area contributed by atoms with E-state index in [1.54, 1.807) is 0 Å². The zero-order valence-electron chi connectivity index (χ0n) is 9.02. The Balaban J connectivity index is 2.31. The number of hydrogen-bond donors (Lipinski definition) is 1. The second kappa shape index (κ2) is 4.58. The predicted molar refractivity (Wildman–Crippen MR) is 73.1 cm³/mol. The first-order valence-corrected chi connectivity index (χ1v) is 5.81. The number of nitrogens with two attached hydrogens (primary N) is 1. The van der Waals surface area contributed by atoms with Gasteiger partial charge in [-0.25, -0.2) is 0 Å². The summed E-state index contributed by atoms with van der Waals surface area (Å²) in [6, 6.07) is 16.0. The highest BCUT2D eigenvalue weighted by atomic mass is 79.9. The predicted octanol–water partition coefficient (Wildman–Crippen LogP) is 3.80. The molecule has 0 aliphatic heterocycles. The van der Waals surface area contributed by atoms with E-state index in [0.29, 0.717) is 0 Å². The molecule has 0 radical (unpaired) electrons. The van der Waals surface area contributed by atoms with Gasteiger partial charge in [-0.1, -0.05) is 22.0 Å².